The molecule has 0 saturated heterocycles. The topological polar surface area (TPSA) is 90.5 Å². The highest BCUT2D eigenvalue weighted by atomic mass is 79.9. The third-order valence-electron chi connectivity index (χ3n) is 5.54. The van der Waals surface area contributed by atoms with Crippen molar-refractivity contribution in [1.29, 1.82) is 0 Å². The van der Waals surface area contributed by atoms with Gasteiger partial charge in [-0.15, -0.1) is 16.4 Å². The summed E-state index contributed by atoms with van der Waals surface area (Å²) in [6.45, 7) is 2.03. The Morgan fingerprint density at radius 1 is 1.33 bits per heavy atom. The normalized spacial score (nSPS) is 19.3. The maximum absolute atomic E-state index is 12.6. The zero-order chi connectivity index (χ0) is 20.7. The minimum absolute atomic E-state index is 0.00114. The quantitative estimate of drug-likeness (QED) is 0.470. The van der Waals surface area contributed by atoms with E-state index in [2.05, 4.69) is 41.1 Å². The van der Waals surface area contributed by atoms with Gasteiger partial charge >= 0.3 is 0 Å². The van der Waals surface area contributed by atoms with Gasteiger partial charge in [0, 0.05) is 18.2 Å². The Kier molecular flexibility index (Phi) is 5.11. The molecule has 5 rings (SSSR count). The van der Waals surface area contributed by atoms with Gasteiger partial charge in [0.2, 0.25) is 0 Å². The smallest absolute Gasteiger partial charge is 0.261 e. The summed E-state index contributed by atoms with van der Waals surface area (Å²) in [6, 6.07) is 6.19. The fourth-order valence-electron chi connectivity index (χ4n) is 4.25. The van der Waals surface area contributed by atoms with Gasteiger partial charge in [0.1, 0.15) is 11.3 Å². The van der Waals surface area contributed by atoms with Crippen LogP contribution in [0.5, 0.6) is 0 Å². The van der Waals surface area contributed by atoms with Crippen molar-refractivity contribution in [3.63, 3.8) is 0 Å². The van der Waals surface area contributed by atoms with Crippen LogP contribution in [-0.4, -0.2) is 41.5 Å². The van der Waals surface area contributed by atoms with Crippen LogP contribution >= 0.6 is 27.3 Å². The van der Waals surface area contributed by atoms with E-state index in [1.807, 2.05) is 25.1 Å². The first-order valence-electron chi connectivity index (χ1n) is 9.86. The number of hydrogen-bond donors (Lipinski definition) is 1. The Hall–Kier alpha value is -2.59. The van der Waals surface area contributed by atoms with E-state index >= 15 is 0 Å². The molecule has 1 fully saturated rings. The molecule has 154 valence electrons. The third kappa shape index (κ3) is 3.65. The van der Waals surface area contributed by atoms with Crippen LogP contribution < -0.4 is 5.32 Å². The summed E-state index contributed by atoms with van der Waals surface area (Å²) in [5.41, 5.74) is 1.90. The molecule has 1 N–H and O–H groups in total. The largest absolute Gasteiger partial charge is 0.349 e. The van der Waals surface area contributed by atoms with Gasteiger partial charge in [0.15, 0.2) is 5.82 Å². The highest BCUT2D eigenvalue weighted by molar-refractivity contribution is 9.11. The minimum atomic E-state index is 0.00114. The van der Waals surface area contributed by atoms with Crippen LogP contribution in [-0.2, 0) is 0 Å². The lowest BCUT2D eigenvalue weighted by Crippen LogP contribution is -2.38. The number of halogens is 1. The molecule has 4 aromatic heterocycles. The lowest BCUT2D eigenvalue weighted by Gasteiger charge is -2.31. The van der Waals surface area contributed by atoms with Gasteiger partial charge in [-0.25, -0.2) is 14.6 Å². The number of nitrogens with zero attached hydrogens (tertiary/aromatic N) is 6. The molecule has 10 heteroatoms. The Morgan fingerprint density at radius 2 is 2.23 bits per heavy atom. The van der Waals surface area contributed by atoms with Gasteiger partial charge in [-0.05, 0) is 60.7 Å². The molecule has 8 nitrogen and oxygen atoms in total. The van der Waals surface area contributed by atoms with Crippen LogP contribution in [0.3, 0.4) is 0 Å². The number of rotatable bonds is 4. The SMILES string of the molecule is Cc1nc2cnc(-n3ccnn3)cc2n1[C@@H]1CCC[C@H](NC(=O)c2ccc(Br)s2)C1. The average Bonchev–Trinajstić information content (AvgIpc) is 3.47. The van der Waals surface area contributed by atoms with Gasteiger partial charge in [-0.3, -0.25) is 4.79 Å². The summed E-state index contributed by atoms with van der Waals surface area (Å²) in [4.78, 5) is 22.5. The number of amides is 1. The lowest BCUT2D eigenvalue weighted by molar-refractivity contribution is 0.0925. The molecule has 0 radical (unpaired) electrons. The summed E-state index contributed by atoms with van der Waals surface area (Å²) in [5.74, 6) is 1.67. The second-order valence-electron chi connectivity index (χ2n) is 7.50. The van der Waals surface area contributed by atoms with E-state index < -0.39 is 0 Å². The van der Waals surface area contributed by atoms with Gasteiger partial charge in [0.05, 0.1) is 32.8 Å². The molecule has 0 aliphatic heterocycles. The number of hydrogen-bond acceptors (Lipinski definition) is 6. The third-order valence-corrected chi connectivity index (χ3v) is 7.16. The van der Waals surface area contributed by atoms with Crippen LogP contribution in [0.2, 0.25) is 0 Å². The van der Waals surface area contributed by atoms with Crippen molar-refractivity contribution >= 4 is 44.2 Å². The Bertz CT molecular complexity index is 1200. The number of aromatic nitrogens is 6. The van der Waals surface area contributed by atoms with Crippen LogP contribution in [0.4, 0.5) is 0 Å². The van der Waals surface area contributed by atoms with Crippen LogP contribution in [0.1, 0.15) is 47.2 Å². The van der Waals surface area contributed by atoms with Crippen molar-refractivity contribution in [1.82, 2.24) is 34.8 Å². The number of thiophene rings is 1. The van der Waals surface area contributed by atoms with Crippen molar-refractivity contribution in [3.8, 4) is 5.82 Å². The molecule has 1 aliphatic rings. The number of imidazole rings is 1. The van der Waals surface area contributed by atoms with Gasteiger partial charge in [0.25, 0.3) is 5.91 Å². The molecule has 1 saturated carbocycles. The first-order chi connectivity index (χ1) is 14.6. The molecule has 0 unspecified atom stereocenters. The van der Waals surface area contributed by atoms with E-state index in [-0.39, 0.29) is 18.0 Å². The zero-order valence-corrected chi connectivity index (χ0v) is 18.7. The number of pyridine rings is 1. The second-order valence-corrected chi connectivity index (χ2v) is 9.97. The molecule has 2 atom stereocenters. The number of carbonyl (C=O) groups excluding carboxylic acids is 1. The monoisotopic (exact) mass is 485 g/mol. The summed E-state index contributed by atoms with van der Waals surface area (Å²) in [7, 11) is 0. The maximum atomic E-state index is 12.6. The molecule has 0 aromatic carbocycles. The Morgan fingerprint density at radius 3 is 3.00 bits per heavy atom. The number of aryl methyl sites for hydroxylation is 1. The molecule has 30 heavy (non-hydrogen) atoms. The predicted molar refractivity (Wildman–Crippen MR) is 118 cm³/mol. The van der Waals surface area contributed by atoms with Crippen molar-refractivity contribution in [2.75, 3.05) is 0 Å². The second kappa shape index (κ2) is 7.92. The van der Waals surface area contributed by atoms with E-state index in [1.165, 1.54) is 11.3 Å². The summed E-state index contributed by atoms with van der Waals surface area (Å²) in [6.07, 6.45) is 9.18. The minimum Gasteiger partial charge on any atom is -0.349 e. The maximum Gasteiger partial charge on any atom is 0.261 e. The molecule has 4 aromatic rings. The van der Waals surface area contributed by atoms with E-state index in [1.54, 1.807) is 23.3 Å². The zero-order valence-electron chi connectivity index (χ0n) is 16.3. The molecule has 4 heterocycles. The first-order valence-corrected chi connectivity index (χ1v) is 11.5. The van der Waals surface area contributed by atoms with Crippen LogP contribution in [0.15, 0.2) is 40.6 Å². The average molecular weight is 486 g/mol. The van der Waals surface area contributed by atoms with E-state index in [9.17, 15) is 4.79 Å². The van der Waals surface area contributed by atoms with Crippen LogP contribution in [0, 0.1) is 6.92 Å². The van der Waals surface area contributed by atoms with Crippen molar-refractivity contribution < 1.29 is 4.79 Å². The highest BCUT2D eigenvalue weighted by Gasteiger charge is 2.27. The Balaban J connectivity index is 1.41. The molecule has 0 spiro atoms. The van der Waals surface area contributed by atoms with Crippen LogP contribution in [0.25, 0.3) is 16.9 Å². The van der Waals surface area contributed by atoms with Gasteiger partial charge < -0.3 is 9.88 Å². The summed E-state index contributed by atoms with van der Waals surface area (Å²) in [5, 5.41) is 11.1. The van der Waals surface area contributed by atoms with E-state index in [0.717, 1.165) is 51.2 Å². The molecular weight excluding hydrogens is 466 g/mol. The van der Waals surface area contributed by atoms with Crippen molar-refractivity contribution in [2.24, 2.45) is 0 Å². The summed E-state index contributed by atoms with van der Waals surface area (Å²) >= 11 is 4.88. The first kappa shape index (κ1) is 19.4. The van der Waals surface area contributed by atoms with Crippen molar-refractivity contribution in [2.45, 2.75) is 44.7 Å². The van der Waals surface area contributed by atoms with E-state index in [0.29, 0.717) is 5.82 Å². The molecule has 1 aliphatic carbocycles. The number of nitrogens with one attached hydrogen (secondary N) is 1. The fraction of sp³-hybridized carbons (Fsp3) is 0.350. The van der Waals surface area contributed by atoms with E-state index in [4.69, 9.17) is 4.98 Å². The molecule has 1 amide bonds. The molecular formula is C20H20BrN7OS. The highest BCUT2D eigenvalue weighted by Crippen LogP contribution is 2.33. The van der Waals surface area contributed by atoms with Gasteiger partial charge in [-0.1, -0.05) is 5.21 Å². The van der Waals surface area contributed by atoms with Gasteiger partial charge in [-0.2, -0.15) is 0 Å². The predicted octanol–water partition coefficient (Wildman–Crippen LogP) is 4.06. The summed E-state index contributed by atoms with van der Waals surface area (Å²) < 4.78 is 4.90. The Labute approximate surface area is 185 Å². The lowest BCUT2D eigenvalue weighted by atomic mass is 9.90. The van der Waals surface area contributed by atoms with Crippen molar-refractivity contribution in [3.05, 3.63) is 51.3 Å². The number of carbonyl (C=O) groups is 1. The number of fused-ring (bicyclic) bond motifs is 1. The standard InChI is InChI=1S/C20H20BrN7OS/c1-12-24-15-11-22-19(27-8-7-23-26-27)10-16(15)28(12)14-4-2-3-13(9-14)25-20(29)17-5-6-18(21)30-17/h5-8,10-11,13-14H,2-4,9H2,1H3,(H,25,29)/t13-,14+/m0/s1. The molecule has 0 bridgehead atoms. The fourth-order valence-corrected chi connectivity index (χ4v) is 5.54.